The van der Waals surface area contributed by atoms with Gasteiger partial charge in [0.15, 0.2) is 5.78 Å². The number of halogens is 2. The predicted molar refractivity (Wildman–Crippen MR) is 288 cm³/mol. The van der Waals surface area contributed by atoms with Gasteiger partial charge in [-0.3, -0.25) is 23.3 Å². The number of aromatic amines is 1. The largest absolute Gasteiger partial charge is 1.00 e. The van der Waals surface area contributed by atoms with E-state index in [0.29, 0.717) is 76.5 Å². The first-order valence-electron chi connectivity index (χ1n) is 27.4. The Kier molecular flexibility index (Phi) is 29.1. The van der Waals surface area contributed by atoms with Crippen LogP contribution in [0.5, 0.6) is 0 Å². The fourth-order valence-corrected chi connectivity index (χ4v) is 18.1. The average Bonchev–Trinajstić information content (AvgIpc) is 4.21. The molecule has 0 radical (unpaired) electrons. The molecule has 424 valence electrons. The Morgan fingerprint density at radius 1 is 0.831 bits per heavy atom. The van der Waals surface area contributed by atoms with Crippen LogP contribution in [0.25, 0.3) is 4.85 Å². The van der Waals surface area contributed by atoms with Crippen molar-refractivity contribution in [1.29, 1.82) is 5.26 Å². The van der Waals surface area contributed by atoms with Gasteiger partial charge in [-0.15, -0.1) is 6.57 Å². The number of aliphatic hydroxyl groups is 2. The smallest absolute Gasteiger partial charge is 1.00 e. The zero-order valence-corrected chi connectivity index (χ0v) is 54.0. The summed E-state index contributed by atoms with van der Waals surface area (Å²) < 4.78 is 27.9. The third-order valence-electron chi connectivity index (χ3n) is 21.1. The van der Waals surface area contributed by atoms with Crippen molar-refractivity contribution in [2.45, 2.75) is 176 Å². The van der Waals surface area contributed by atoms with Crippen molar-refractivity contribution in [3.8, 4) is 6.07 Å². The molecule has 2 heterocycles. The minimum atomic E-state index is -1.00. The standard InChI is InChI=1S/C27H39N3O3.C23H37BrO3.C4H3N3.CH3F.CH2O3.2CH4.2K.H/c1-25-11-12-27(32,17-33-4)15-18(25)5-6-19-20-7-8-22(26(20,2)10-9-21(19)25)23(31)16-30-14-13-29-24(30)28-3;1-21-10-11-23(26,14-27-3)12-15(21)4-5-16-17-6-7-19(20(25)13-24)22(17,2)9-8-18(16)21;5-3-4-6-1-2-7-4;1-2;2-1-4-3;;;;;/h13-14,18-22,32H,5-12,15-17H2,1-2,4H3;15-19,26H,4-14H2,1-3H3;1-2H,(H,6,7);1H3;1,3H;2*1H4;;;/q;;;;;;;2*+1;-1/p-1/t18-,19-,20-,21-,22+,25-,26-,27+;15-,16-,17-,18-,19+,21-,22-,23+;;;;;;;;/m00......../s1/i;;;1D;;;;;;. The number of nitriles is 1. The summed E-state index contributed by atoms with van der Waals surface area (Å²) in [5.41, 5.74) is -0.311. The molecule has 15 nitrogen and oxygen atoms in total. The van der Waals surface area contributed by atoms with E-state index in [1.807, 2.05) is 6.07 Å². The summed E-state index contributed by atoms with van der Waals surface area (Å²) in [7, 11) is 2.40. The summed E-state index contributed by atoms with van der Waals surface area (Å²) in [6, 6.07) is 1.84. The molecule has 0 bridgehead atoms. The van der Waals surface area contributed by atoms with E-state index in [4.69, 9.17) is 32.7 Å². The molecule has 10 rings (SSSR count). The quantitative estimate of drug-likeness (QED) is 0.0736. The van der Waals surface area contributed by atoms with E-state index in [0.717, 1.165) is 82.0 Å². The molecular formula is C58H92BrFK2N6O9. The normalized spacial score (nSPS) is 38.5. The molecule has 0 aromatic carbocycles. The van der Waals surface area contributed by atoms with E-state index in [2.05, 4.69) is 68.3 Å². The Morgan fingerprint density at radius 2 is 1.29 bits per heavy atom. The molecule has 19 heteroatoms. The van der Waals surface area contributed by atoms with E-state index < -0.39 is 18.4 Å². The summed E-state index contributed by atoms with van der Waals surface area (Å²) in [5.74, 6) is 7.25. The van der Waals surface area contributed by atoms with Gasteiger partial charge in [0.1, 0.15) is 24.6 Å². The summed E-state index contributed by atoms with van der Waals surface area (Å²) in [6.45, 7) is 18.2. The maximum atomic E-state index is 13.4. The van der Waals surface area contributed by atoms with Gasteiger partial charge in [-0.1, -0.05) is 58.5 Å². The molecule has 0 aliphatic heterocycles. The van der Waals surface area contributed by atoms with Crippen molar-refractivity contribution in [2.75, 3.05) is 39.9 Å². The van der Waals surface area contributed by atoms with Gasteiger partial charge in [0.25, 0.3) is 6.47 Å². The second-order valence-electron chi connectivity index (χ2n) is 24.2. The van der Waals surface area contributed by atoms with Crippen LogP contribution >= 0.6 is 15.9 Å². The number of aromatic nitrogens is 4. The molecule has 2 aromatic heterocycles. The van der Waals surface area contributed by atoms with Crippen LogP contribution in [0.2, 0.25) is 0 Å². The third kappa shape index (κ3) is 15.3. The van der Waals surface area contributed by atoms with Crippen molar-refractivity contribution >= 4 is 39.9 Å². The van der Waals surface area contributed by atoms with Crippen LogP contribution < -0.4 is 108 Å². The molecule has 0 amide bonds. The Bertz CT molecular complexity index is 2280. The summed E-state index contributed by atoms with van der Waals surface area (Å²) >= 11 is 3.43. The molecule has 2 aromatic rings. The van der Waals surface area contributed by atoms with Crippen molar-refractivity contribution in [3.63, 3.8) is 0 Å². The first-order chi connectivity index (χ1) is 35.3. The molecule has 16 atom stereocenters. The Hall–Kier alpha value is -0.307. The molecule has 8 saturated carbocycles. The number of carbonyl (C=O) groups is 3. The van der Waals surface area contributed by atoms with Gasteiger partial charge in [-0.2, -0.15) is 10.2 Å². The minimum absolute atomic E-state index is 0. The topological polar surface area (TPSA) is 217 Å². The van der Waals surface area contributed by atoms with Gasteiger partial charge in [-0.25, -0.2) is 4.98 Å². The zero-order valence-electron chi connectivity index (χ0n) is 48.2. The predicted octanol–water partition coefficient (Wildman–Crippen LogP) is 4.72. The number of alkyl halides is 2. The first-order valence-corrected chi connectivity index (χ1v) is 27.8. The van der Waals surface area contributed by atoms with E-state index >= 15 is 0 Å². The number of fused-ring (bicyclic) bond motifs is 10. The van der Waals surface area contributed by atoms with Crippen LogP contribution in [-0.2, 0) is 35.3 Å². The number of rotatable bonds is 10. The number of ketones is 2. The van der Waals surface area contributed by atoms with E-state index in [1.54, 1.807) is 43.6 Å². The number of Topliss-reactive ketones (excluding diaryl/α,β-unsaturated/α-hetero) is 2. The summed E-state index contributed by atoms with van der Waals surface area (Å²) in [5, 5.41) is 39.1. The van der Waals surface area contributed by atoms with Gasteiger partial charge in [0.2, 0.25) is 5.82 Å². The molecule has 0 saturated heterocycles. The van der Waals surface area contributed by atoms with E-state index in [9.17, 15) is 24.2 Å². The molecule has 77 heavy (non-hydrogen) atoms. The van der Waals surface area contributed by atoms with Gasteiger partial charge in [0, 0.05) is 38.4 Å². The molecule has 0 spiro atoms. The van der Waals surface area contributed by atoms with Crippen molar-refractivity contribution < 1.29 is 154 Å². The van der Waals surface area contributed by atoms with Crippen molar-refractivity contribution in [1.82, 2.24) is 19.5 Å². The average molecular weight is 1200 g/mol. The van der Waals surface area contributed by atoms with Gasteiger partial charge >= 0.3 is 109 Å². The minimum Gasteiger partial charge on any atom is -1.00 e. The molecule has 8 fully saturated rings. The number of H-pyrrole nitrogens is 1. The fraction of sp³-hybridized carbons (Fsp3) is 0.810. The van der Waals surface area contributed by atoms with E-state index in [-0.39, 0.29) is 161 Å². The second kappa shape index (κ2) is 31.5. The maximum absolute atomic E-state index is 13.4. The molecule has 0 unspecified atom stereocenters. The number of hydrogen-bond donors (Lipinski definition) is 3. The zero-order chi connectivity index (χ0) is 54.1. The van der Waals surface area contributed by atoms with Crippen LogP contribution in [0, 0.1) is 98.7 Å². The van der Waals surface area contributed by atoms with E-state index in [1.165, 1.54) is 51.4 Å². The summed E-state index contributed by atoms with van der Waals surface area (Å²) in [4.78, 5) is 51.0. The molecular weight excluding hydrogens is 1100 g/mol. The second-order valence-corrected chi connectivity index (χ2v) is 24.7. The fourth-order valence-electron chi connectivity index (χ4n) is 17.7. The number of hydrogen-bond acceptors (Lipinski definition) is 12. The maximum Gasteiger partial charge on any atom is 1.00 e. The monoisotopic (exact) mass is 1190 g/mol. The van der Waals surface area contributed by atoms with Gasteiger partial charge < -0.3 is 41.1 Å². The molecule has 8 aliphatic carbocycles. The van der Waals surface area contributed by atoms with Crippen molar-refractivity contribution in [3.05, 3.63) is 42.0 Å². The van der Waals surface area contributed by atoms with Crippen LogP contribution in [0.3, 0.4) is 0 Å². The molecule has 3 N–H and O–H groups in total. The van der Waals surface area contributed by atoms with Crippen LogP contribution in [0.4, 0.5) is 10.3 Å². The number of methoxy groups -OCH3 is 2. The third-order valence-corrected chi connectivity index (χ3v) is 21.7. The first kappa shape index (κ1) is 71.0. The Balaban J connectivity index is 0.000000610. The Labute approximate surface area is 556 Å². The SMILES string of the molecule is C.C.COC[C@@]1(O)CC[C@@]2(C)[C@@H](CC[C@@H]3[C@@H]2CC[C@]2(C)[C@@H](C(=O)CBr)CC[C@@H]32)C1.N#Cc1ncc[nH]1.O=CO[O-].[2H]CF.[C-]#[N+]c1nccn1CC(=O)[C@H]1CC[C@H]2[C@@H]3CC[C@H]4C[C@@](O)(COC)CC[C@]4(C)[C@H]3CC[C@]12C.[H-].[K+].[K+]. The van der Waals surface area contributed by atoms with Crippen LogP contribution in [-0.4, -0.2) is 98.9 Å². The van der Waals surface area contributed by atoms with Crippen LogP contribution in [0.15, 0.2) is 24.8 Å². The van der Waals surface area contributed by atoms with Crippen LogP contribution in [0.1, 0.15) is 167 Å². The van der Waals surface area contributed by atoms with Gasteiger partial charge in [0.05, 0.1) is 44.5 Å². The number of carbonyl (C=O) groups excluding carboxylic acids is 3. The number of imidazole rings is 2. The number of nitrogens with zero attached hydrogens (tertiary/aromatic N) is 5. The molecule has 8 aliphatic rings. The Morgan fingerprint density at radius 3 is 1.66 bits per heavy atom. The van der Waals surface area contributed by atoms with Gasteiger partial charge in [-0.05, 0) is 185 Å². The summed E-state index contributed by atoms with van der Waals surface area (Å²) in [6.07, 6.45) is 26.5. The number of ether oxygens (including phenoxy) is 2. The number of nitrogens with one attached hydrogen (secondary N) is 1. The van der Waals surface area contributed by atoms with Crippen molar-refractivity contribution in [2.24, 2.45) is 80.8 Å².